The molecule has 7 heteroatoms. The number of ether oxygens (including phenoxy) is 2. The summed E-state index contributed by atoms with van der Waals surface area (Å²) in [6.07, 6.45) is 1.05. The number of hydrogen-bond acceptors (Lipinski definition) is 4. The highest BCUT2D eigenvalue weighted by molar-refractivity contribution is 14.1. The van der Waals surface area contributed by atoms with Gasteiger partial charge in [-0.15, -0.1) is 0 Å². The van der Waals surface area contributed by atoms with Gasteiger partial charge in [-0.2, -0.15) is 0 Å². The molecular formula is C17H16ClIN2O3. The maximum absolute atomic E-state index is 12.9. The minimum atomic E-state index is -0.634. The molecule has 24 heavy (non-hydrogen) atoms. The molecule has 1 aromatic carbocycles. The van der Waals surface area contributed by atoms with Gasteiger partial charge in [-0.3, -0.25) is 0 Å². The number of carbonyl (C=O) groups excluding carboxylic acids is 1. The van der Waals surface area contributed by atoms with Crippen molar-refractivity contribution in [3.05, 3.63) is 44.6 Å². The van der Waals surface area contributed by atoms with Crippen LogP contribution in [0.1, 0.15) is 26.3 Å². The second kappa shape index (κ2) is 6.40. The van der Waals surface area contributed by atoms with Crippen molar-refractivity contribution in [3.63, 3.8) is 0 Å². The lowest BCUT2D eigenvalue weighted by molar-refractivity contribution is 0.0598. The van der Waals surface area contributed by atoms with Gasteiger partial charge in [0.1, 0.15) is 18.0 Å². The molecule has 0 N–H and O–H groups in total. The molecule has 1 aromatic heterocycles. The molecule has 1 amide bonds. The number of nitrogens with zero attached hydrogens (tertiary/aromatic N) is 2. The third kappa shape index (κ3) is 3.44. The first-order valence-electron chi connectivity index (χ1n) is 7.35. The van der Waals surface area contributed by atoms with Crippen molar-refractivity contribution in [2.75, 3.05) is 4.90 Å². The van der Waals surface area contributed by atoms with E-state index < -0.39 is 11.7 Å². The highest BCUT2D eigenvalue weighted by Crippen LogP contribution is 2.41. The maximum atomic E-state index is 12.9. The Hall–Kier alpha value is -1.54. The third-order valence-electron chi connectivity index (χ3n) is 3.30. The van der Waals surface area contributed by atoms with Crippen LogP contribution in [0, 0.1) is 3.57 Å². The van der Waals surface area contributed by atoms with E-state index in [2.05, 4.69) is 27.6 Å². The van der Waals surface area contributed by atoms with E-state index in [1.54, 1.807) is 12.3 Å². The Morgan fingerprint density at radius 1 is 1.38 bits per heavy atom. The number of hydrogen-bond donors (Lipinski definition) is 0. The van der Waals surface area contributed by atoms with Crippen molar-refractivity contribution in [1.29, 1.82) is 0 Å². The van der Waals surface area contributed by atoms with Crippen LogP contribution < -0.4 is 9.64 Å². The average molecular weight is 459 g/mol. The lowest BCUT2D eigenvalue weighted by atomic mass is 10.2. The van der Waals surface area contributed by atoms with Gasteiger partial charge in [0.2, 0.25) is 0 Å². The summed E-state index contributed by atoms with van der Waals surface area (Å²) in [5.74, 6) is 1.01. The molecule has 0 saturated carbocycles. The van der Waals surface area contributed by atoms with Crippen LogP contribution in [-0.4, -0.2) is 16.7 Å². The van der Waals surface area contributed by atoms with Crippen molar-refractivity contribution in [2.45, 2.75) is 33.0 Å². The maximum Gasteiger partial charge on any atom is 0.420 e. The van der Waals surface area contributed by atoms with Crippen molar-refractivity contribution in [2.24, 2.45) is 0 Å². The molecule has 1 aliphatic heterocycles. The largest absolute Gasteiger partial charge is 0.487 e. The van der Waals surface area contributed by atoms with Crippen molar-refractivity contribution in [1.82, 2.24) is 4.98 Å². The van der Waals surface area contributed by atoms with Gasteiger partial charge in [0.15, 0.2) is 5.82 Å². The molecule has 0 radical (unpaired) electrons. The number of fused-ring (bicyclic) bond motifs is 2. The second-order valence-electron chi connectivity index (χ2n) is 6.31. The van der Waals surface area contributed by atoms with Gasteiger partial charge in [0.25, 0.3) is 0 Å². The number of carbonyl (C=O) groups is 1. The number of amides is 1. The number of anilines is 2. The number of aromatic nitrogens is 1. The predicted molar refractivity (Wildman–Crippen MR) is 101 cm³/mol. The van der Waals surface area contributed by atoms with E-state index in [1.165, 1.54) is 4.90 Å². The molecule has 0 atom stereocenters. The Bertz CT molecular complexity index is 803. The van der Waals surface area contributed by atoms with E-state index in [1.807, 2.05) is 39.0 Å². The fourth-order valence-corrected chi connectivity index (χ4v) is 3.00. The van der Waals surface area contributed by atoms with Gasteiger partial charge in [-0.1, -0.05) is 11.6 Å². The molecule has 0 unspecified atom stereocenters. The number of rotatable bonds is 0. The molecule has 0 bridgehead atoms. The Morgan fingerprint density at radius 3 is 2.83 bits per heavy atom. The quantitative estimate of drug-likeness (QED) is 0.502. The Balaban J connectivity index is 2.19. The molecular weight excluding hydrogens is 443 g/mol. The van der Waals surface area contributed by atoms with Crippen LogP contribution in [0.4, 0.5) is 16.3 Å². The SMILES string of the molecule is CC(C)(C)OC(=O)N1c2cc(I)ccc2OCc2c(Cl)ccnc21. The lowest BCUT2D eigenvalue weighted by Gasteiger charge is -2.27. The molecule has 126 valence electrons. The minimum Gasteiger partial charge on any atom is -0.487 e. The third-order valence-corrected chi connectivity index (χ3v) is 4.32. The highest BCUT2D eigenvalue weighted by atomic mass is 127. The summed E-state index contributed by atoms with van der Waals surface area (Å²) < 4.78 is 12.4. The zero-order valence-corrected chi connectivity index (χ0v) is 16.4. The van der Waals surface area contributed by atoms with Gasteiger partial charge >= 0.3 is 6.09 Å². The van der Waals surface area contributed by atoms with E-state index in [-0.39, 0.29) is 6.61 Å². The zero-order chi connectivity index (χ0) is 17.5. The first-order valence-corrected chi connectivity index (χ1v) is 8.81. The summed E-state index contributed by atoms with van der Waals surface area (Å²) >= 11 is 8.48. The zero-order valence-electron chi connectivity index (χ0n) is 13.5. The number of halogens is 2. The van der Waals surface area contributed by atoms with E-state index >= 15 is 0 Å². The summed E-state index contributed by atoms with van der Waals surface area (Å²) in [5.41, 5.74) is 0.603. The van der Waals surface area contributed by atoms with Crippen LogP contribution >= 0.6 is 34.2 Å². The molecule has 0 aliphatic carbocycles. The first-order chi connectivity index (χ1) is 11.3. The predicted octanol–water partition coefficient (Wildman–Crippen LogP) is 5.31. The normalized spacial score (nSPS) is 13.5. The van der Waals surface area contributed by atoms with E-state index in [0.29, 0.717) is 27.8 Å². The van der Waals surface area contributed by atoms with Crippen LogP contribution in [0.3, 0.4) is 0 Å². The summed E-state index contributed by atoms with van der Waals surface area (Å²) in [6, 6.07) is 7.28. The van der Waals surface area contributed by atoms with Crippen LogP contribution in [-0.2, 0) is 11.3 Å². The Morgan fingerprint density at radius 2 is 2.12 bits per heavy atom. The molecule has 0 spiro atoms. The second-order valence-corrected chi connectivity index (χ2v) is 7.96. The molecule has 2 heterocycles. The van der Waals surface area contributed by atoms with Gasteiger partial charge < -0.3 is 9.47 Å². The van der Waals surface area contributed by atoms with Crippen LogP contribution in [0.2, 0.25) is 5.02 Å². The summed E-state index contributed by atoms with van der Waals surface area (Å²) in [5, 5.41) is 0.496. The highest BCUT2D eigenvalue weighted by Gasteiger charge is 2.32. The fraction of sp³-hybridized carbons (Fsp3) is 0.294. The van der Waals surface area contributed by atoms with Crippen LogP contribution in [0.25, 0.3) is 0 Å². The average Bonchev–Trinajstić information content (AvgIpc) is 2.62. The van der Waals surface area contributed by atoms with E-state index in [0.717, 1.165) is 3.57 Å². The van der Waals surface area contributed by atoms with Crippen LogP contribution in [0.15, 0.2) is 30.5 Å². The smallest absolute Gasteiger partial charge is 0.420 e. The molecule has 0 saturated heterocycles. The monoisotopic (exact) mass is 458 g/mol. The van der Waals surface area contributed by atoms with Gasteiger partial charge in [0.05, 0.1) is 16.3 Å². The Kier molecular flexibility index (Phi) is 4.61. The first kappa shape index (κ1) is 17.3. The Labute approximate surface area is 159 Å². The van der Waals surface area contributed by atoms with E-state index in [4.69, 9.17) is 21.1 Å². The van der Waals surface area contributed by atoms with Crippen molar-refractivity contribution in [3.8, 4) is 5.75 Å². The molecule has 0 fully saturated rings. The summed E-state index contributed by atoms with van der Waals surface area (Å²) in [4.78, 5) is 18.7. The molecule has 5 nitrogen and oxygen atoms in total. The number of benzene rings is 1. The van der Waals surface area contributed by atoms with Gasteiger partial charge in [-0.25, -0.2) is 14.7 Å². The van der Waals surface area contributed by atoms with Gasteiger partial charge in [0, 0.05) is 9.77 Å². The van der Waals surface area contributed by atoms with Gasteiger partial charge in [-0.05, 0) is 67.6 Å². The lowest BCUT2D eigenvalue weighted by Crippen LogP contribution is -2.34. The van der Waals surface area contributed by atoms with E-state index in [9.17, 15) is 4.79 Å². The van der Waals surface area contributed by atoms with Crippen molar-refractivity contribution < 1.29 is 14.3 Å². The topological polar surface area (TPSA) is 51.7 Å². The van der Waals surface area contributed by atoms with Crippen LogP contribution in [0.5, 0.6) is 5.75 Å². The molecule has 3 rings (SSSR count). The standard InChI is InChI=1S/C17H16ClIN2O3/c1-17(2,3)24-16(22)21-13-8-10(19)4-5-14(13)23-9-11-12(18)6-7-20-15(11)21/h4-8H,9H2,1-3H3. The summed E-state index contributed by atoms with van der Waals surface area (Å²) in [6.45, 7) is 5.69. The summed E-state index contributed by atoms with van der Waals surface area (Å²) in [7, 11) is 0. The number of pyridine rings is 1. The fourth-order valence-electron chi connectivity index (χ4n) is 2.33. The minimum absolute atomic E-state index is 0.231. The molecule has 1 aliphatic rings. The molecule has 2 aromatic rings. The van der Waals surface area contributed by atoms with Crippen molar-refractivity contribution >= 4 is 51.8 Å².